The van der Waals surface area contributed by atoms with Gasteiger partial charge in [0.25, 0.3) is 5.91 Å². The zero-order valence-corrected chi connectivity index (χ0v) is 10.9. The molecule has 1 amide bonds. The Labute approximate surface area is 111 Å². The molecule has 1 rings (SSSR count). The third-order valence-electron chi connectivity index (χ3n) is 3.02. The van der Waals surface area contributed by atoms with E-state index in [1.165, 1.54) is 6.07 Å². The van der Waals surface area contributed by atoms with Crippen LogP contribution < -0.4 is 5.32 Å². The summed E-state index contributed by atoms with van der Waals surface area (Å²) in [4.78, 5) is 23.1. The number of nitrogens with zero attached hydrogens (tertiary/aromatic N) is 1. The van der Waals surface area contributed by atoms with Crippen LogP contribution in [0.5, 0.6) is 0 Å². The summed E-state index contributed by atoms with van der Waals surface area (Å²) in [6, 6.07) is 7.16. The minimum atomic E-state index is -1.06. The summed E-state index contributed by atoms with van der Waals surface area (Å²) >= 11 is 0. The highest BCUT2D eigenvalue weighted by molar-refractivity contribution is 5.96. The maximum absolute atomic E-state index is 12.0. The van der Waals surface area contributed by atoms with E-state index in [2.05, 4.69) is 5.32 Å². The Morgan fingerprint density at radius 3 is 2.68 bits per heavy atom. The van der Waals surface area contributed by atoms with E-state index in [0.717, 1.165) is 0 Å². The first-order valence-corrected chi connectivity index (χ1v) is 6.03. The number of rotatable bonds is 5. The molecule has 19 heavy (non-hydrogen) atoms. The van der Waals surface area contributed by atoms with Crippen LogP contribution in [0.4, 0.5) is 0 Å². The van der Waals surface area contributed by atoms with Gasteiger partial charge in [-0.15, -0.1) is 0 Å². The second kappa shape index (κ2) is 6.55. The first kappa shape index (κ1) is 14.7. The Morgan fingerprint density at radius 2 is 2.16 bits per heavy atom. The SMILES string of the molecule is CCC(C)C(NC(=O)c1cccc(C#N)c1)C(=O)O. The number of carbonyl (C=O) groups is 2. The molecule has 2 atom stereocenters. The molecule has 0 heterocycles. The van der Waals surface area contributed by atoms with E-state index in [1.807, 2.05) is 13.0 Å². The van der Waals surface area contributed by atoms with Gasteiger partial charge in [-0.1, -0.05) is 26.3 Å². The number of amides is 1. The zero-order chi connectivity index (χ0) is 14.4. The largest absolute Gasteiger partial charge is 0.480 e. The molecular formula is C14H16N2O3. The van der Waals surface area contributed by atoms with Crippen LogP contribution in [0.25, 0.3) is 0 Å². The number of benzene rings is 1. The van der Waals surface area contributed by atoms with E-state index in [0.29, 0.717) is 12.0 Å². The van der Waals surface area contributed by atoms with E-state index in [1.54, 1.807) is 25.1 Å². The minimum absolute atomic E-state index is 0.166. The molecule has 5 nitrogen and oxygen atoms in total. The topological polar surface area (TPSA) is 90.2 Å². The van der Waals surface area contributed by atoms with E-state index >= 15 is 0 Å². The fourth-order valence-corrected chi connectivity index (χ4v) is 1.64. The van der Waals surface area contributed by atoms with Gasteiger partial charge in [-0.2, -0.15) is 5.26 Å². The maximum atomic E-state index is 12.0. The molecule has 0 aliphatic heterocycles. The number of hydrogen-bond acceptors (Lipinski definition) is 3. The average Bonchev–Trinajstić information content (AvgIpc) is 2.43. The van der Waals surface area contributed by atoms with Crippen LogP contribution in [0.2, 0.25) is 0 Å². The van der Waals surface area contributed by atoms with Crippen molar-refractivity contribution in [3.05, 3.63) is 35.4 Å². The number of aliphatic carboxylic acids is 1. The first-order chi connectivity index (χ1) is 8.99. The molecule has 0 saturated heterocycles. The Bertz CT molecular complexity index is 520. The molecule has 0 aliphatic carbocycles. The molecular weight excluding hydrogens is 244 g/mol. The average molecular weight is 260 g/mol. The van der Waals surface area contributed by atoms with E-state index < -0.39 is 17.9 Å². The lowest BCUT2D eigenvalue weighted by Gasteiger charge is -2.20. The second-order valence-corrected chi connectivity index (χ2v) is 4.37. The van der Waals surface area contributed by atoms with Gasteiger partial charge in [-0.25, -0.2) is 4.79 Å². The number of carboxylic acid groups (broad SMARTS) is 1. The molecule has 1 aromatic carbocycles. The van der Waals surface area contributed by atoms with Crippen molar-refractivity contribution >= 4 is 11.9 Å². The molecule has 2 N–H and O–H groups in total. The highest BCUT2D eigenvalue weighted by Gasteiger charge is 2.25. The Balaban J connectivity index is 2.88. The smallest absolute Gasteiger partial charge is 0.326 e. The van der Waals surface area contributed by atoms with E-state index in [-0.39, 0.29) is 11.5 Å². The summed E-state index contributed by atoms with van der Waals surface area (Å²) in [7, 11) is 0. The standard InChI is InChI=1S/C14H16N2O3/c1-3-9(2)12(14(18)19)16-13(17)11-6-4-5-10(7-11)8-15/h4-7,9,12H,3H2,1-2H3,(H,16,17)(H,18,19). The van der Waals surface area contributed by atoms with Gasteiger partial charge in [0.15, 0.2) is 0 Å². The van der Waals surface area contributed by atoms with Crippen LogP contribution in [0.15, 0.2) is 24.3 Å². The summed E-state index contributed by atoms with van der Waals surface area (Å²) in [5.41, 5.74) is 0.650. The predicted octanol–water partition coefficient (Wildman–Crippen LogP) is 1.79. The van der Waals surface area contributed by atoms with Gasteiger partial charge in [0.05, 0.1) is 11.6 Å². The van der Waals surface area contributed by atoms with Crippen molar-refractivity contribution in [1.29, 1.82) is 5.26 Å². The van der Waals surface area contributed by atoms with Crippen molar-refractivity contribution in [3.8, 4) is 6.07 Å². The summed E-state index contributed by atoms with van der Waals surface area (Å²) in [5, 5.41) is 20.4. The normalized spacial score (nSPS) is 13.1. The molecule has 0 spiro atoms. The molecule has 0 fully saturated rings. The highest BCUT2D eigenvalue weighted by atomic mass is 16.4. The number of nitriles is 1. The molecule has 1 aromatic rings. The van der Waals surface area contributed by atoms with E-state index in [4.69, 9.17) is 10.4 Å². The lowest BCUT2D eigenvalue weighted by Crippen LogP contribution is -2.45. The summed E-state index contributed by atoms with van der Waals surface area (Å²) in [5.74, 6) is -1.70. The van der Waals surface area contributed by atoms with Gasteiger partial charge < -0.3 is 10.4 Å². The zero-order valence-electron chi connectivity index (χ0n) is 10.9. The lowest BCUT2D eigenvalue weighted by molar-refractivity contribution is -0.140. The summed E-state index contributed by atoms with van der Waals surface area (Å²) in [6.07, 6.45) is 0.648. The van der Waals surface area contributed by atoms with E-state index in [9.17, 15) is 9.59 Å². The van der Waals surface area contributed by atoms with Gasteiger partial charge >= 0.3 is 5.97 Å². The van der Waals surface area contributed by atoms with Crippen LogP contribution in [-0.4, -0.2) is 23.0 Å². The molecule has 0 aromatic heterocycles. The fourth-order valence-electron chi connectivity index (χ4n) is 1.64. The maximum Gasteiger partial charge on any atom is 0.326 e. The van der Waals surface area contributed by atoms with Crippen LogP contribution in [0.3, 0.4) is 0 Å². The van der Waals surface area contributed by atoms with Crippen molar-refractivity contribution in [2.24, 2.45) is 5.92 Å². The van der Waals surface area contributed by atoms with Gasteiger partial charge in [0.1, 0.15) is 6.04 Å². The highest BCUT2D eigenvalue weighted by Crippen LogP contribution is 2.10. The summed E-state index contributed by atoms with van der Waals surface area (Å²) in [6.45, 7) is 3.63. The van der Waals surface area contributed by atoms with Crippen molar-refractivity contribution in [3.63, 3.8) is 0 Å². The Hall–Kier alpha value is -2.35. The number of carboxylic acids is 1. The first-order valence-electron chi connectivity index (χ1n) is 6.03. The number of hydrogen-bond donors (Lipinski definition) is 2. The van der Waals surface area contributed by atoms with Crippen LogP contribution in [0.1, 0.15) is 36.2 Å². The molecule has 2 unspecified atom stereocenters. The Morgan fingerprint density at radius 1 is 1.47 bits per heavy atom. The van der Waals surface area contributed by atoms with Gasteiger partial charge in [-0.05, 0) is 24.1 Å². The third kappa shape index (κ3) is 3.81. The monoisotopic (exact) mass is 260 g/mol. The van der Waals surface area contributed by atoms with Crippen LogP contribution in [-0.2, 0) is 4.79 Å². The molecule has 0 radical (unpaired) electrons. The minimum Gasteiger partial charge on any atom is -0.480 e. The fraction of sp³-hybridized carbons (Fsp3) is 0.357. The van der Waals surface area contributed by atoms with Crippen LogP contribution >= 0.6 is 0 Å². The number of carbonyl (C=O) groups excluding carboxylic acids is 1. The van der Waals surface area contributed by atoms with Gasteiger partial charge in [0.2, 0.25) is 0 Å². The van der Waals surface area contributed by atoms with Gasteiger partial charge in [0, 0.05) is 5.56 Å². The predicted molar refractivity (Wildman–Crippen MR) is 69.5 cm³/mol. The second-order valence-electron chi connectivity index (χ2n) is 4.37. The lowest BCUT2D eigenvalue weighted by atomic mass is 9.99. The Kier molecular flexibility index (Phi) is 5.07. The molecule has 0 bridgehead atoms. The van der Waals surface area contributed by atoms with Crippen LogP contribution in [0, 0.1) is 17.2 Å². The quantitative estimate of drug-likeness (QED) is 0.844. The molecule has 0 aliphatic rings. The number of nitrogens with one attached hydrogen (secondary N) is 1. The van der Waals surface area contributed by atoms with Gasteiger partial charge in [-0.3, -0.25) is 4.79 Å². The summed E-state index contributed by atoms with van der Waals surface area (Å²) < 4.78 is 0. The third-order valence-corrected chi connectivity index (χ3v) is 3.02. The van der Waals surface area contributed by atoms with Crippen molar-refractivity contribution in [1.82, 2.24) is 5.32 Å². The van der Waals surface area contributed by atoms with Crippen molar-refractivity contribution in [2.45, 2.75) is 26.3 Å². The van der Waals surface area contributed by atoms with Crippen molar-refractivity contribution < 1.29 is 14.7 Å². The molecule has 100 valence electrons. The molecule has 5 heteroatoms. The van der Waals surface area contributed by atoms with Crippen molar-refractivity contribution in [2.75, 3.05) is 0 Å². The molecule has 0 saturated carbocycles.